The standard InChI is InChI=1S/C17H20N4O2S/c1-12-10-18-7-8-21(12)15(22)9-14-11-24-17(19-14)20-16(23)13-5-3-2-4-6-13/h2-6,11-12,18H,7-10H2,1H3,(H,19,20,23)/t12-/m1/s1. The van der Waals surface area contributed by atoms with Crippen molar-refractivity contribution in [2.45, 2.75) is 19.4 Å². The lowest BCUT2D eigenvalue weighted by molar-refractivity contribution is -0.133. The molecule has 3 rings (SSSR count). The average Bonchev–Trinajstić information content (AvgIpc) is 3.02. The molecule has 1 fully saturated rings. The SMILES string of the molecule is C[C@@H]1CNCCN1C(=O)Cc1csc(NC(=O)c2ccccc2)n1. The first-order valence-electron chi connectivity index (χ1n) is 7.94. The molecular formula is C17H20N4O2S. The second-order valence-corrected chi connectivity index (χ2v) is 6.64. The van der Waals surface area contributed by atoms with Crippen LogP contribution >= 0.6 is 11.3 Å². The zero-order valence-corrected chi connectivity index (χ0v) is 14.3. The lowest BCUT2D eigenvalue weighted by Gasteiger charge is -2.33. The van der Waals surface area contributed by atoms with Gasteiger partial charge in [-0.3, -0.25) is 14.9 Å². The Labute approximate surface area is 144 Å². The number of piperazine rings is 1. The number of carbonyl (C=O) groups excluding carboxylic acids is 2. The normalized spacial score (nSPS) is 17.5. The number of nitrogens with zero attached hydrogens (tertiary/aromatic N) is 2. The van der Waals surface area contributed by atoms with Gasteiger partial charge in [0.1, 0.15) is 0 Å². The Kier molecular flexibility index (Phi) is 5.22. The number of benzene rings is 1. The Bertz CT molecular complexity index is 716. The molecule has 1 aliphatic heterocycles. The summed E-state index contributed by atoms with van der Waals surface area (Å²) < 4.78 is 0. The number of amides is 2. The summed E-state index contributed by atoms with van der Waals surface area (Å²) in [6, 6.07) is 9.19. The van der Waals surface area contributed by atoms with Gasteiger partial charge in [0.25, 0.3) is 5.91 Å². The van der Waals surface area contributed by atoms with Gasteiger partial charge in [-0.1, -0.05) is 18.2 Å². The summed E-state index contributed by atoms with van der Waals surface area (Å²) >= 11 is 1.34. The van der Waals surface area contributed by atoms with Crippen molar-refractivity contribution in [3.63, 3.8) is 0 Å². The van der Waals surface area contributed by atoms with E-state index in [0.717, 1.165) is 19.6 Å². The number of nitrogens with one attached hydrogen (secondary N) is 2. The van der Waals surface area contributed by atoms with Crippen molar-refractivity contribution < 1.29 is 9.59 Å². The molecule has 1 saturated heterocycles. The topological polar surface area (TPSA) is 74.3 Å². The summed E-state index contributed by atoms with van der Waals surface area (Å²) in [5.41, 5.74) is 1.28. The van der Waals surface area contributed by atoms with E-state index in [0.29, 0.717) is 16.4 Å². The van der Waals surface area contributed by atoms with Crippen LogP contribution in [-0.4, -0.2) is 47.4 Å². The van der Waals surface area contributed by atoms with Gasteiger partial charge in [-0.2, -0.15) is 0 Å². The zero-order valence-electron chi connectivity index (χ0n) is 13.5. The highest BCUT2D eigenvalue weighted by atomic mass is 32.1. The Hall–Kier alpha value is -2.25. The molecule has 1 atom stereocenters. The Morgan fingerprint density at radius 2 is 2.17 bits per heavy atom. The molecule has 0 bridgehead atoms. The summed E-state index contributed by atoms with van der Waals surface area (Å²) in [7, 11) is 0. The molecule has 24 heavy (non-hydrogen) atoms. The van der Waals surface area contributed by atoms with Gasteiger partial charge < -0.3 is 10.2 Å². The molecule has 2 aromatic rings. The second kappa shape index (κ2) is 7.55. The minimum Gasteiger partial charge on any atom is -0.337 e. The molecule has 1 aromatic heterocycles. The summed E-state index contributed by atoms with van der Waals surface area (Å²) in [5, 5.41) is 8.38. The predicted molar refractivity (Wildman–Crippen MR) is 94.3 cm³/mol. The van der Waals surface area contributed by atoms with Crippen molar-refractivity contribution in [3.05, 3.63) is 47.0 Å². The summed E-state index contributed by atoms with van der Waals surface area (Å²) in [4.78, 5) is 30.8. The van der Waals surface area contributed by atoms with Crippen LogP contribution < -0.4 is 10.6 Å². The molecule has 0 radical (unpaired) electrons. The molecular weight excluding hydrogens is 324 g/mol. The Morgan fingerprint density at radius 1 is 1.38 bits per heavy atom. The van der Waals surface area contributed by atoms with Crippen molar-refractivity contribution in [1.82, 2.24) is 15.2 Å². The lowest BCUT2D eigenvalue weighted by atomic mass is 10.2. The van der Waals surface area contributed by atoms with E-state index < -0.39 is 0 Å². The minimum atomic E-state index is -0.196. The highest BCUT2D eigenvalue weighted by molar-refractivity contribution is 7.14. The third kappa shape index (κ3) is 3.98. The number of anilines is 1. The van der Waals surface area contributed by atoms with Crippen molar-refractivity contribution in [3.8, 4) is 0 Å². The van der Waals surface area contributed by atoms with Gasteiger partial charge in [-0.25, -0.2) is 4.98 Å². The van der Waals surface area contributed by atoms with E-state index >= 15 is 0 Å². The highest BCUT2D eigenvalue weighted by Gasteiger charge is 2.23. The fourth-order valence-electron chi connectivity index (χ4n) is 2.67. The fourth-order valence-corrected chi connectivity index (χ4v) is 3.38. The molecule has 0 saturated carbocycles. The zero-order chi connectivity index (χ0) is 16.9. The van der Waals surface area contributed by atoms with Crippen LogP contribution in [0.2, 0.25) is 0 Å². The van der Waals surface area contributed by atoms with E-state index in [1.54, 1.807) is 12.1 Å². The largest absolute Gasteiger partial charge is 0.337 e. The van der Waals surface area contributed by atoms with E-state index in [1.165, 1.54) is 11.3 Å². The quantitative estimate of drug-likeness (QED) is 0.886. The number of thiazole rings is 1. The van der Waals surface area contributed by atoms with Crippen LogP contribution in [0.4, 0.5) is 5.13 Å². The Morgan fingerprint density at radius 3 is 2.92 bits per heavy atom. The summed E-state index contributed by atoms with van der Waals surface area (Å²) in [6.07, 6.45) is 0.266. The van der Waals surface area contributed by atoms with E-state index in [1.807, 2.05) is 35.4 Å². The first-order chi connectivity index (χ1) is 11.6. The molecule has 0 unspecified atom stereocenters. The molecule has 0 spiro atoms. The molecule has 2 heterocycles. The van der Waals surface area contributed by atoms with Crippen LogP contribution in [0.25, 0.3) is 0 Å². The minimum absolute atomic E-state index is 0.0789. The monoisotopic (exact) mass is 344 g/mol. The van der Waals surface area contributed by atoms with Crippen LogP contribution in [0.5, 0.6) is 0 Å². The molecule has 7 heteroatoms. The third-order valence-electron chi connectivity index (χ3n) is 3.96. The predicted octanol–water partition coefficient (Wildman–Crippen LogP) is 1.76. The van der Waals surface area contributed by atoms with E-state index in [9.17, 15) is 9.59 Å². The van der Waals surface area contributed by atoms with Gasteiger partial charge in [0.15, 0.2) is 5.13 Å². The lowest BCUT2D eigenvalue weighted by Crippen LogP contribution is -2.52. The van der Waals surface area contributed by atoms with E-state index in [4.69, 9.17) is 0 Å². The molecule has 1 aromatic carbocycles. The van der Waals surface area contributed by atoms with Crippen molar-refractivity contribution in [2.75, 3.05) is 25.0 Å². The maximum atomic E-state index is 12.4. The van der Waals surface area contributed by atoms with Crippen LogP contribution in [0.15, 0.2) is 35.7 Å². The van der Waals surface area contributed by atoms with Gasteiger partial charge in [0, 0.05) is 36.6 Å². The first kappa shape index (κ1) is 16.6. The number of carbonyl (C=O) groups is 2. The first-order valence-corrected chi connectivity index (χ1v) is 8.82. The van der Waals surface area contributed by atoms with Crippen LogP contribution in [0.1, 0.15) is 23.0 Å². The van der Waals surface area contributed by atoms with E-state index in [2.05, 4.69) is 15.6 Å². The Balaban J connectivity index is 1.59. The average molecular weight is 344 g/mol. The second-order valence-electron chi connectivity index (χ2n) is 5.78. The van der Waals surface area contributed by atoms with E-state index in [-0.39, 0.29) is 24.3 Å². The summed E-state index contributed by atoms with van der Waals surface area (Å²) in [6.45, 7) is 4.41. The van der Waals surface area contributed by atoms with Gasteiger partial charge >= 0.3 is 0 Å². The third-order valence-corrected chi connectivity index (χ3v) is 4.77. The molecule has 126 valence electrons. The van der Waals surface area contributed by atoms with Crippen molar-refractivity contribution >= 4 is 28.3 Å². The maximum absolute atomic E-state index is 12.4. The molecule has 6 nitrogen and oxygen atoms in total. The number of aromatic nitrogens is 1. The molecule has 2 amide bonds. The molecule has 2 N–H and O–H groups in total. The molecule has 0 aliphatic carbocycles. The number of hydrogen-bond donors (Lipinski definition) is 2. The maximum Gasteiger partial charge on any atom is 0.257 e. The van der Waals surface area contributed by atoms with Gasteiger partial charge in [0.2, 0.25) is 5.91 Å². The van der Waals surface area contributed by atoms with Gasteiger partial charge in [-0.05, 0) is 19.1 Å². The smallest absolute Gasteiger partial charge is 0.257 e. The summed E-state index contributed by atoms with van der Waals surface area (Å²) in [5.74, 6) is -0.117. The highest BCUT2D eigenvalue weighted by Crippen LogP contribution is 2.18. The van der Waals surface area contributed by atoms with Gasteiger partial charge in [-0.15, -0.1) is 11.3 Å². The van der Waals surface area contributed by atoms with Crippen LogP contribution in [0.3, 0.4) is 0 Å². The van der Waals surface area contributed by atoms with Crippen molar-refractivity contribution in [1.29, 1.82) is 0 Å². The van der Waals surface area contributed by atoms with Crippen LogP contribution in [0, 0.1) is 0 Å². The van der Waals surface area contributed by atoms with Crippen molar-refractivity contribution in [2.24, 2.45) is 0 Å². The van der Waals surface area contributed by atoms with Crippen LogP contribution in [-0.2, 0) is 11.2 Å². The van der Waals surface area contributed by atoms with Gasteiger partial charge in [0.05, 0.1) is 12.1 Å². The number of rotatable bonds is 4. The fraction of sp³-hybridized carbons (Fsp3) is 0.353. The number of hydrogen-bond acceptors (Lipinski definition) is 5. The molecule has 1 aliphatic rings.